The van der Waals surface area contributed by atoms with E-state index in [0.29, 0.717) is 36.8 Å². The summed E-state index contributed by atoms with van der Waals surface area (Å²) in [6.45, 7) is 5.18. The van der Waals surface area contributed by atoms with Crippen molar-refractivity contribution in [2.24, 2.45) is 0 Å². The highest BCUT2D eigenvalue weighted by molar-refractivity contribution is 6.32. The van der Waals surface area contributed by atoms with Gasteiger partial charge < -0.3 is 24.4 Å². The van der Waals surface area contributed by atoms with E-state index in [9.17, 15) is 15.0 Å². The minimum atomic E-state index is -1.02. The highest BCUT2D eigenvalue weighted by Crippen LogP contribution is 2.32. The molecule has 0 unspecified atom stereocenters. The highest BCUT2D eigenvalue weighted by atomic mass is 35.5. The summed E-state index contributed by atoms with van der Waals surface area (Å²) < 4.78 is 7.62. The lowest BCUT2D eigenvalue weighted by molar-refractivity contribution is 0.0684. The second-order valence-electron chi connectivity index (χ2n) is 8.89. The number of aryl methyl sites for hydroxylation is 3. The fraction of sp³-hybridized carbons (Fsp3) is 0.207. The average molecular weight is 539 g/mol. The Balaban J connectivity index is 1.55. The van der Waals surface area contributed by atoms with Gasteiger partial charge in [0.05, 0.1) is 12.3 Å². The maximum Gasteiger partial charge on any atom is 0.352 e. The Morgan fingerprint density at radius 2 is 1.70 bits per heavy atom. The molecule has 8 heteroatoms. The fourth-order valence-electron chi connectivity index (χ4n) is 4.23. The summed E-state index contributed by atoms with van der Waals surface area (Å²) in [6.07, 6.45) is 2.42. The normalized spacial score (nSPS) is 10.9. The third kappa shape index (κ3) is 6.59. The molecule has 0 fully saturated rings. The number of hydrogen-bond acceptors (Lipinski definition) is 4. The minimum absolute atomic E-state index is 0.122. The number of anilines is 2. The van der Waals surface area contributed by atoms with Crippen molar-refractivity contribution in [3.05, 3.63) is 105 Å². The van der Waals surface area contributed by atoms with Gasteiger partial charge in [0.15, 0.2) is 0 Å². The van der Waals surface area contributed by atoms with Crippen molar-refractivity contribution in [2.75, 3.05) is 11.5 Å². The van der Waals surface area contributed by atoms with Gasteiger partial charge in [0.1, 0.15) is 17.2 Å². The molecule has 0 saturated carbocycles. The van der Waals surface area contributed by atoms with Gasteiger partial charge in [0, 0.05) is 41.1 Å². The standard InChI is InChI=1S/C29H28Cl2N2O4/c1-19-12-26(13-20(2)28(19)31)37-11-5-10-32-18-24(16-27(32)29(35)36)33(23-8-4-9-25(34)15-23)17-21-6-3-7-22(30)14-21/h3-4,6-9,12-16,18,34H,5,10-11,17H2,1-2H3,(H,35,36). The average Bonchev–Trinajstić information content (AvgIpc) is 3.28. The Kier molecular flexibility index (Phi) is 8.31. The van der Waals surface area contributed by atoms with E-state index in [-0.39, 0.29) is 11.4 Å². The zero-order valence-electron chi connectivity index (χ0n) is 20.6. The first-order valence-corrected chi connectivity index (χ1v) is 12.6. The number of hydrogen-bond donors (Lipinski definition) is 2. The van der Waals surface area contributed by atoms with Gasteiger partial charge in [0.2, 0.25) is 0 Å². The van der Waals surface area contributed by atoms with E-state index in [1.54, 1.807) is 34.9 Å². The summed E-state index contributed by atoms with van der Waals surface area (Å²) in [5, 5.41) is 21.3. The largest absolute Gasteiger partial charge is 0.508 e. The summed E-state index contributed by atoms with van der Waals surface area (Å²) in [5.74, 6) is -0.159. The van der Waals surface area contributed by atoms with Crippen LogP contribution in [0.25, 0.3) is 0 Å². The third-order valence-electron chi connectivity index (χ3n) is 6.01. The molecule has 0 aliphatic heterocycles. The van der Waals surface area contributed by atoms with Gasteiger partial charge in [-0.3, -0.25) is 0 Å². The maximum absolute atomic E-state index is 12.1. The molecule has 4 rings (SSSR count). The van der Waals surface area contributed by atoms with Crippen molar-refractivity contribution in [3.63, 3.8) is 0 Å². The zero-order chi connectivity index (χ0) is 26.5. The molecule has 3 aromatic carbocycles. The van der Waals surface area contributed by atoms with Crippen molar-refractivity contribution < 1.29 is 19.7 Å². The van der Waals surface area contributed by atoms with Crippen LogP contribution < -0.4 is 9.64 Å². The number of rotatable bonds is 10. The molecular formula is C29H28Cl2N2O4. The van der Waals surface area contributed by atoms with Crippen LogP contribution in [0.15, 0.2) is 72.9 Å². The number of benzene rings is 3. The topological polar surface area (TPSA) is 74.9 Å². The van der Waals surface area contributed by atoms with Crippen LogP contribution in [0.5, 0.6) is 11.5 Å². The molecule has 4 aromatic rings. The molecule has 1 aromatic heterocycles. The molecule has 1 heterocycles. The lowest BCUT2D eigenvalue weighted by Crippen LogP contribution is -2.16. The number of aromatic carboxylic acids is 1. The van der Waals surface area contributed by atoms with E-state index >= 15 is 0 Å². The van der Waals surface area contributed by atoms with Crippen LogP contribution >= 0.6 is 23.2 Å². The van der Waals surface area contributed by atoms with Crippen molar-refractivity contribution in [3.8, 4) is 11.5 Å². The molecule has 37 heavy (non-hydrogen) atoms. The molecule has 0 saturated heterocycles. The van der Waals surface area contributed by atoms with E-state index in [2.05, 4.69) is 0 Å². The van der Waals surface area contributed by atoms with Crippen molar-refractivity contribution in [1.82, 2.24) is 4.57 Å². The number of aromatic hydroxyl groups is 1. The van der Waals surface area contributed by atoms with Gasteiger partial charge in [-0.15, -0.1) is 0 Å². The summed E-state index contributed by atoms with van der Waals surface area (Å²) in [7, 11) is 0. The summed E-state index contributed by atoms with van der Waals surface area (Å²) in [4.78, 5) is 14.0. The number of phenolic OH excluding ortho intramolecular Hbond substituents is 1. The predicted octanol–water partition coefficient (Wildman–Crippen LogP) is 7.62. The molecule has 192 valence electrons. The quantitative estimate of drug-likeness (QED) is 0.203. The van der Waals surface area contributed by atoms with E-state index in [1.807, 2.05) is 61.3 Å². The molecular weight excluding hydrogens is 511 g/mol. The third-order valence-corrected chi connectivity index (χ3v) is 6.84. The molecule has 0 bridgehead atoms. The maximum atomic E-state index is 12.1. The first kappa shape index (κ1) is 26.5. The lowest BCUT2D eigenvalue weighted by Gasteiger charge is -2.24. The lowest BCUT2D eigenvalue weighted by atomic mass is 10.1. The Morgan fingerprint density at radius 3 is 2.38 bits per heavy atom. The first-order valence-electron chi connectivity index (χ1n) is 11.9. The number of carboxylic acid groups (broad SMARTS) is 1. The van der Waals surface area contributed by atoms with Crippen molar-refractivity contribution in [1.29, 1.82) is 0 Å². The van der Waals surface area contributed by atoms with Crippen LogP contribution in [0.3, 0.4) is 0 Å². The van der Waals surface area contributed by atoms with Gasteiger partial charge >= 0.3 is 5.97 Å². The smallest absolute Gasteiger partial charge is 0.352 e. The predicted molar refractivity (Wildman–Crippen MR) is 148 cm³/mol. The Labute approximate surface area is 226 Å². The molecule has 0 atom stereocenters. The summed E-state index contributed by atoms with van der Waals surface area (Å²) in [6, 6.07) is 19.8. The molecule has 0 radical (unpaired) electrons. The number of halogens is 2. The van der Waals surface area contributed by atoms with Crippen LogP contribution in [0.1, 0.15) is 33.6 Å². The van der Waals surface area contributed by atoms with Gasteiger partial charge in [-0.25, -0.2) is 4.79 Å². The summed E-state index contributed by atoms with van der Waals surface area (Å²) >= 11 is 12.4. The Morgan fingerprint density at radius 1 is 0.973 bits per heavy atom. The van der Waals surface area contributed by atoms with Gasteiger partial charge in [0.25, 0.3) is 0 Å². The number of aromatic nitrogens is 1. The fourth-order valence-corrected chi connectivity index (χ4v) is 4.55. The van der Waals surface area contributed by atoms with E-state index < -0.39 is 5.97 Å². The summed E-state index contributed by atoms with van der Waals surface area (Å²) in [5.41, 5.74) is 4.43. The van der Waals surface area contributed by atoms with Crippen LogP contribution in [-0.2, 0) is 13.1 Å². The van der Waals surface area contributed by atoms with E-state index in [1.165, 1.54) is 0 Å². The van der Waals surface area contributed by atoms with Crippen molar-refractivity contribution in [2.45, 2.75) is 33.4 Å². The first-order chi connectivity index (χ1) is 17.7. The molecule has 0 spiro atoms. The number of nitrogens with zero attached hydrogens (tertiary/aromatic N) is 2. The number of carbonyl (C=O) groups is 1. The van der Waals surface area contributed by atoms with E-state index in [0.717, 1.165) is 33.1 Å². The second-order valence-corrected chi connectivity index (χ2v) is 9.71. The molecule has 2 N–H and O–H groups in total. The van der Waals surface area contributed by atoms with Gasteiger partial charge in [-0.2, -0.15) is 0 Å². The van der Waals surface area contributed by atoms with Gasteiger partial charge in [-0.05, 0) is 79.4 Å². The van der Waals surface area contributed by atoms with Gasteiger partial charge in [-0.1, -0.05) is 41.4 Å². The molecule has 0 amide bonds. The molecule has 0 aliphatic rings. The zero-order valence-corrected chi connectivity index (χ0v) is 22.1. The monoisotopic (exact) mass is 538 g/mol. The highest BCUT2D eigenvalue weighted by Gasteiger charge is 2.19. The van der Waals surface area contributed by atoms with Crippen LogP contribution in [-0.4, -0.2) is 27.4 Å². The van der Waals surface area contributed by atoms with Crippen LogP contribution in [0.4, 0.5) is 11.4 Å². The SMILES string of the molecule is Cc1cc(OCCCn2cc(N(Cc3cccc(Cl)c3)c3cccc(O)c3)cc2C(=O)O)cc(C)c1Cl. The van der Waals surface area contributed by atoms with Crippen molar-refractivity contribution >= 4 is 40.5 Å². The number of phenols is 1. The Bertz CT molecular complexity index is 1390. The van der Waals surface area contributed by atoms with E-state index in [4.69, 9.17) is 27.9 Å². The second kappa shape index (κ2) is 11.6. The number of carboxylic acids is 1. The van der Waals surface area contributed by atoms with Crippen LogP contribution in [0, 0.1) is 13.8 Å². The minimum Gasteiger partial charge on any atom is -0.508 e. The molecule has 6 nitrogen and oxygen atoms in total. The number of ether oxygens (including phenoxy) is 1. The molecule has 0 aliphatic carbocycles. The Hall–Kier alpha value is -3.61. The van der Waals surface area contributed by atoms with Crippen LogP contribution in [0.2, 0.25) is 10.0 Å².